The van der Waals surface area contributed by atoms with Crippen molar-refractivity contribution < 1.29 is 19.1 Å². The van der Waals surface area contributed by atoms with Gasteiger partial charge in [-0.3, -0.25) is 9.69 Å². The Kier molecular flexibility index (Phi) is 4.72. The largest absolute Gasteiger partial charge is 0.497 e. The molecule has 0 aromatic heterocycles. The van der Waals surface area contributed by atoms with Crippen LogP contribution >= 0.6 is 0 Å². The fourth-order valence-electron chi connectivity index (χ4n) is 2.90. The number of carbonyl (C=O) groups excluding carboxylic acids is 2. The van der Waals surface area contributed by atoms with E-state index in [1.165, 1.54) is 11.0 Å². The Hall–Kier alpha value is -2.82. The number of allylic oxidation sites excluding steroid dienone is 1. The summed E-state index contributed by atoms with van der Waals surface area (Å²) in [4.78, 5) is 26.1. The first-order valence-electron chi connectivity index (χ1n) is 8.60. The normalized spacial score (nSPS) is 15.0. The monoisotopic (exact) mass is 353 g/mol. The number of methoxy groups -OCH3 is 1. The maximum absolute atomic E-state index is 12.6. The van der Waals surface area contributed by atoms with Crippen molar-refractivity contribution in [2.24, 2.45) is 0 Å². The number of fused-ring (bicyclic) bond motifs is 1. The van der Waals surface area contributed by atoms with Gasteiger partial charge in [0, 0.05) is 19.0 Å². The van der Waals surface area contributed by atoms with Crippen molar-refractivity contribution in [3.63, 3.8) is 0 Å². The number of nitrogens with zero attached hydrogens (tertiary/aromatic N) is 1. The number of ketones is 1. The molecule has 2 aromatic carbocycles. The molecular formula is C21H23NO4. The molecule has 26 heavy (non-hydrogen) atoms. The van der Waals surface area contributed by atoms with E-state index in [-0.39, 0.29) is 5.78 Å². The zero-order valence-corrected chi connectivity index (χ0v) is 15.5. The number of ether oxygens (including phenoxy) is 2. The van der Waals surface area contributed by atoms with E-state index in [4.69, 9.17) is 9.47 Å². The highest BCUT2D eigenvalue weighted by Crippen LogP contribution is 2.29. The summed E-state index contributed by atoms with van der Waals surface area (Å²) in [6.45, 7) is 5.80. The molecule has 0 aliphatic carbocycles. The van der Waals surface area contributed by atoms with Crippen LogP contribution in [-0.2, 0) is 9.53 Å². The molecule has 0 fully saturated rings. The second-order valence-electron chi connectivity index (χ2n) is 7.31. The summed E-state index contributed by atoms with van der Waals surface area (Å²) in [6.07, 6.45) is 1.39. The molecule has 0 saturated heterocycles. The lowest BCUT2D eigenvalue weighted by Crippen LogP contribution is -2.39. The van der Waals surface area contributed by atoms with Gasteiger partial charge in [-0.25, -0.2) is 4.79 Å². The first-order chi connectivity index (χ1) is 12.3. The first-order valence-corrected chi connectivity index (χ1v) is 8.60. The van der Waals surface area contributed by atoms with Crippen molar-refractivity contribution in [3.05, 3.63) is 48.0 Å². The number of rotatable bonds is 2. The third-order valence-corrected chi connectivity index (χ3v) is 4.13. The Morgan fingerprint density at radius 2 is 1.77 bits per heavy atom. The summed E-state index contributed by atoms with van der Waals surface area (Å²) in [5, 5.41) is 2.03. The molecule has 1 aliphatic rings. The van der Waals surface area contributed by atoms with E-state index in [2.05, 4.69) is 0 Å². The molecule has 0 spiro atoms. The molecule has 0 atom stereocenters. The third kappa shape index (κ3) is 3.87. The average molecular weight is 353 g/mol. The fraction of sp³-hybridized carbons (Fsp3) is 0.333. The van der Waals surface area contributed by atoms with Crippen molar-refractivity contribution in [2.45, 2.75) is 32.8 Å². The quantitative estimate of drug-likeness (QED) is 0.803. The van der Waals surface area contributed by atoms with Crippen LogP contribution in [0.4, 0.5) is 4.79 Å². The smallest absolute Gasteiger partial charge is 0.414 e. The van der Waals surface area contributed by atoms with E-state index in [9.17, 15) is 9.59 Å². The molecule has 5 heteroatoms. The van der Waals surface area contributed by atoms with Crippen LogP contribution in [0.3, 0.4) is 0 Å². The number of hydrogen-bond donors (Lipinski definition) is 0. The van der Waals surface area contributed by atoms with Crippen molar-refractivity contribution in [3.8, 4) is 5.75 Å². The van der Waals surface area contributed by atoms with Crippen LogP contribution < -0.4 is 4.74 Å². The SMILES string of the molecule is COc1ccc2cc(C3=CC(=O)CCN3C(=O)OC(C)(C)C)ccc2c1. The van der Waals surface area contributed by atoms with Crippen molar-refractivity contribution in [2.75, 3.05) is 13.7 Å². The molecule has 0 unspecified atom stereocenters. The Morgan fingerprint density at radius 3 is 2.46 bits per heavy atom. The van der Waals surface area contributed by atoms with Gasteiger partial charge in [0.2, 0.25) is 0 Å². The number of carbonyl (C=O) groups is 2. The zero-order valence-electron chi connectivity index (χ0n) is 15.5. The number of hydrogen-bond acceptors (Lipinski definition) is 4. The molecule has 1 aliphatic heterocycles. The van der Waals surface area contributed by atoms with Crippen LogP contribution in [0.5, 0.6) is 5.75 Å². The van der Waals surface area contributed by atoms with Gasteiger partial charge >= 0.3 is 6.09 Å². The van der Waals surface area contributed by atoms with E-state index in [1.807, 2.05) is 57.2 Å². The van der Waals surface area contributed by atoms with Crippen LogP contribution in [0.15, 0.2) is 42.5 Å². The van der Waals surface area contributed by atoms with Gasteiger partial charge in [0.25, 0.3) is 0 Å². The minimum atomic E-state index is -0.594. The van der Waals surface area contributed by atoms with Gasteiger partial charge in [-0.1, -0.05) is 18.2 Å². The van der Waals surface area contributed by atoms with Crippen LogP contribution in [-0.4, -0.2) is 36.0 Å². The zero-order chi connectivity index (χ0) is 18.9. The summed E-state index contributed by atoms with van der Waals surface area (Å²) in [5.74, 6) is 0.794. The third-order valence-electron chi connectivity index (χ3n) is 4.13. The maximum atomic E-state index is 12.6. The predicted octanol–water partition coefficient (Wildman–Crippen LogP) is 4.40. The molecular weight excluding hydrogens is 330 g/mol. The average Bonchev–Trinajstić information content (AvgIpc) is 2.59. The van der Waals surface area contributed by atoms with Gasteiger partial charge in [-0.05, 0) is 55.3 Å². The summed E-state index contributed by atoms with van der Waals surface area (Å²) >= 11 is 0. The minimum Gasteiger partial charge on any atom is -0.497 e. The highest BCUT2D eigenvalue weighted by Gasteiger charge is 2.29. The second-order valence-corrected chi connectivity index (χ2v) is 7.31. The summed E-state index contributed by atoms with van der Waals surface area (Å²) < 4.78 is 10.8. The van der Waals surface area contributed by atoms with Gasteiger partial charge in [0.15, 0.2) is 5.78 Å². The van der Waals surface area contributed by atoms with E-state index >= 15 is 0 Å². The molecule has 0 radical (unpaired) electrons. The summed E-state index contributed by atoms with van der Waals surface area (Å²) in [5.41, 5.74) is 0.790. The van der Waals surface area contributed by atoms with Gasteiger partial charge in [-0.2, -0.15) is 0 Å². The molecule has 1 heterocycles. The molecule has 0 saturated carbocycles. The molecule has 136 valence electrons. The number of amides is 1. The van der Waals surface area contributed by atoms with Gasteiger partial charge < -0.3 is 9.47 Å². The minimum absolute atomic E-state index is 0.00892. The predicted molar refractivity (Wildman–Crippen MR) is 101 cm³/mol. The van der Waals surface area contributed by atoms with E-state index < -0.39 is 11.7 Å². The topological polar surface area (TPSA) is 55.8 Å². The molecule has 0 N–H and O–H groups in total. The molecule has 1 amide bonds. The van der Waals surface area contributed by atoms with Gasteiger partial charge in [0.05, 0.1) is 12.8 Å². The Morgan fingerprint density at radius 1 is 1.08 bits per heavy atom. The Labute approximate surface area is 153 Å². The number of benzene rings is 2. The van der Waals surface area contributed by atoms with Gasteiger partial charge in [-0.15, -0.1) is 0 Å². The van der Waals surface area contributed by atoms with E-state index in [1.54, 1.807) is 7.11 Å². The summed E-state index contributed by atoms with van der Waals surface area (Å²) in [6, 6.07) is 11.6. The highest BCUT2D eigenvalue weighted by molar-refractivity contribution is 6.02. The van der Waals surface area contributed by atoms with Crippen LogP contribution in [0.1, 0.15) is 32.8 Å². The summed E-state index contributed by atoms with van der Waals surface area (Å²) in [7, 11) is 1.63. The molecule has 0 bridgehead atoms. The maximum Gasteiger partial charge on any atom is 0.414 e. The Bertz CT molecular complexity index is 893. The molecule has 3 rings (SSSR count). The van der Waals surface area contributed by atoms with Crippen LogP contribution in [0, 0.1) is 0 Å². The lowest BCUT2D eigenvalue weighted by Gasteiger charge is -2.31. The first kappa shape index (κ1) is 18.0. The van der Waals surface area contributed by atoms with Gasteiger partial charge in [0.1, 0.15) is 11.4 Å². The molecule has 5 nitrogen and oxygen atoms in total. The van der Waals surface area contributed by atoms with Crippen molar-refractivity contribution in [1.82, 2.24) is 4.90 Å². The second kappa shape index (κ2) is 6.83. The lowest BCUT2D eigenvalue weighted by molar-refractivity contribution is -0.115. The lowest BCUT2D eigenvalue weighted by atomic mass is 10.0. The Balaban J connectivity index is 1.99. The van der Waals surface area contributed by atoms with Crippen LogP contribution in [0.25, 0.3) is 16.5 Å². The fourth-order valence-corrected chi connectivity index (χ4v) is 2.90. The van der Waals surface area contributed by atoms with Crippen LogP contribution in [0.2, 0.25) is 0 Å². The standard InChI is InChI=1S/C21H23NO4/c1-21(2,3)26-20(24)22-10-9-17(23)13-19(22)16-6-5-15-12-18(25-4)8-7-14(15)11-16/h5-8,11-13H,9-10H2,1-4H3. The van der Waals surface area contributed by atoms with E-state index in [0.29, 0.717) is 18.7 Å². The highest BCUT2D eigenvalue weighted by atomic mass is 16.6. The van der Waals surface area contributed by atoms with E-state index in [0.717, 1.165) is 22.1 Å². The van der Waals surface area contributed by atoms with Crippen molar-refractivity contribution in [1.29, 1.82) is 0 Å². The van der Waals surface area contributed by atoms with Crippen molar-refractivity contribution >= 4 is 28.3 Å². The molecule has 2 aromatic rings.